The molecule has 0 radical (unpaired) electrons. The lowest BCUT2D eigenvalue weighted by molar-refractivity contribution is 0.504. The van der Waals surface area contributed by atoms with Gasteiger partial charge in [-0.15, -0.1) is 5.10 Å². The third kappa shape index (κ3) is 4.47. The van der Waals surface area contributed by atoms with Gasteiger partial charge < -0.3 is 0 Å². The Labute approximate surface area is 180 Å². The molecule has 0 aliphatic heterocycles. The topological polar surface area (TPSA) is 94.3 Å². The first-order chi connectivity index (χ1) is 15.1. The fourth-order valence-corrected chi connectivity index (χ4v) is 3.58. The van der Waals surface area contributed by atoms with Crippen molar-refractivity contribution in [3.63, 3.8) is 0 Å². The van der Waals surface area contributed by atoms with E-state index in [9.17, 15) is 4.79 Å². The largest absolute Gasteiger partial charge is 0.346 e. The van der Waals surface area contributed by atoms with Crippen molar-refractivity contribution in [2.45, 2.75) is 52.6 Å². The number of hydrogen-bond donors (Lipinski definition) is 1. The first-order valence-corrected chi connectivity index (χ1v) is 10.7. The van der Waals surface area contributed by atoms with E-state index in [1.54, 1.807) is 4.68 Å². The van der Waals surface area contributed by atoms with Gasteiger partial charge in [0.15, 0.2) is 5.82 Å². The van der Waals surface area contributed by atoms with Gasteiger partial charge in [-0.25, -0.2) is 14.6 Å². The zero-order valence-corrected chi connectivity index (χ0v) is 18.1. The summed E-state index contributed by atoms with van der Waals surface area (Å²) in [5.41, 5.74) is 4.13. The van der Waals surface area contributed by atoms with Crippen LogP contribution in [0.5, 0.6) is 0 Å². The Kier molecular flexibility index (Phi) is 6.06. The molecule has 0 saturated carbocycles. The molecule has 4 rings (SSSR count). The molecule has 0 amide bonds. The van der Waals surface area contributed by atoms with E-state index in [-0.39, 0.29) is 11.7 Å². The van der Waals surface area contributed by atoms with Crippen LogP contribution in [-0.2, 0) is 13.0 Å². The molecule has 0 fully saturated rings. The minimum atomic E-state index is -0.0430. The van der Waals surface area contributed by atoms with Gasteiger partial charge in [0.25, 0.3) is 0 Å². The Hall–Kier alpha value is -3.55. The number of aromatic nitrogens is 7. The Morgan fingerprint density at radius 1 is 1.03 bits per heavy atom. The summed E-state index contributed by atoms with van der Waals surface area (Å²) >= 11 is 0. The van der Waals surface area contributed by atoms with E-state index >= 15 is 0 Å². The van der Waals surface area contributed by atoms with Crippen LogP contribution >= 0.6 is 0 Å². The zero-order chi connectivity index (χ0) is 21.8. The molecule has 8 heteroatoms. The van der Waals surface area contributed by atoms with Crippen molar-refractivity contribution >= 4 is 0 Å². The molecule has 2 aromatic carbocycles. The first kappa shape index (κ1) is 20.7. The summed E-state index contributed by atoms with van der Waals surface area (Å²) in [4.78, 5) is 12.9. The first-order valence-electron chi connectivity index (χ1n) is 10.7. The monoisotopic (exact) mass is 417 g/mol. The van der Waals surface area contributed by atoms with Crippen LogP contribution in [0.1, 0.15) is 51.0 Å². The third-order valence-corrected chi connectivity index (χ3v) is 5.31. The van der Waals surface area contributed by atoms with E-state index in [2.05, 4.69) is 69.0 Å². The highest BCUT2D eigenvalue weighted by Crippen LogP contribution is 2.24. The maximum absolute atomic E-state index is 12.9. The summed E-state index contributed by atoms with van der Waals surface area (Å²) in [7, 11) is 0. The molecule has 2 heterocycles. The fraction of sp³-hybridized carbons (Fsp3) is 0.348. The molecule has 0 bridgehead atoms. The highest BCUT2D eigenvalue weighted by atomic mass is 16.2. The summed E-state index contributed by atoms with van der Waals surface area (Å²) < 4.78 is 3.39. The Balaban J connectivity index is 1.59. The lowest BCUT2D eigenvalue weighted by Crippen LogP contribution is -2.27. The Morgan fingerprint density at radius 2 is 1.81 bits per heavy atom. The molecule has 0 aliphatic carbocycles. The molecule has 160 valence electrons. The van der Waals surface area contributed by atoms with Gasteiger partial charge in [0.2, 0.25) is 0 Å². The molecule has 2 aromatic heterocycles. The van der Waals surface area contributed by atoms with Crippen molar-refractivity contribution < 1.29 is 0 Å². The van der Waals surface area contributed by atoms with Gasteiger partial charge in [-0.05, 0) is 53.5 Å². The van der Waals surface area contributed by atoms with Gasteiger partial charge in [-0.1, -0.05) is 55.8 Å². The number of nitrogens with one attached hydrogen (secondary N) is 1. The van der Waals surface area contributed by atoms with Gasteiger partial charge in [0.1, 0.15) is 5.82 Å². The minimum Gasteiger partial charge on any atom is -0.274 e. The number of nitrogens with zero attached hydrogens (tertiary/aromatic N) is 6. The molecule has 0 spiro atoms. The molecule has 0 unspecified atom stereocenters. The van der Waals surface area contributed by atoms with Crippen LogP contribution in [0.4, 0.5) is 0 Å². The van der Waals surface area contributed by atoms with Crippen LogP contribution in [-0.4, -0.2) is 35.0 Å². The molecule has 31 heavy (non-hydrogen) atoms. The number of unbranched alkanes of at least 4 members (excludes halogenated alkanes) is 1. The summed E-state index contributed by atoms with van der Waals surface area (Å²) in [5, 5.41) is 18.6. The standard InChI is InChI=1S/C23H27N7O/c1-4-5-9-21-26-30(16(2)3)23(31)29(21)15-17-10-12-18(13-11-17)19-7-6-8-20(14-19)22-24-27-28-25-22/h6-8,10-14,16H,4-5,9,15H2,1-3H3,(H,24,25,27,28). The van der Waals surface area contributed by atoms with Crippen LogP contribution in [0.15, 0.2) is 53.3 Å². The minimum absolute atomic E-state index is 0.0430. The van der Waals surface area contributed by atoms with Crippen LogP contribution in [0.25, 0.3) is 22.5 Å². The number of tetrazole rings is 1. The van der Waals surface area contributed by atoms with Crippen molar-refractivity contribution in [2.24, 2.45) is 0 Å². The smallest absolute Gasteiger partial charge is 0.274 e. The summed E-state index contributed by atoms with van der Waals surface area (Å²) in [6.45, 7) is 6.64. The molecule has 8 nitrogen and oxygen atoms in total. The molecular weight excluding hydrogens is 390 g/mol. The van der Waals surface area contributed by atoms with E-state index in [1.807, 2.05) is 30.5 Å². The SMILES string of the molecule is CCCCc1nn(C(C)C)c(=O)n1Cc1ccc(-c2cccc(-c3nnn[nH]3)c2)cc1. The second kappa shape index (κ2) is 9.07. The molecule has 1 N–H and O–H groups in total. The Morgan fingerprint density at radius 3 is 2.48 bits per heavy atom. The second-order valence-electron chi connectivity index (χ2n) is 7.95. The quantitative estimate of drug-likeness (QED) is 0.470. The van der Waals surface area contributed by atoms with Gasteiger partial charge in [-0.2, -0.15) is 5.10 Å². The van der Waals surface area contributed by atoms with E-state index in [1.165, 1.54) is 0 Å². The molecule has 0 saturated heterocycles. The Bertz CT molecular complexity index is 1190. The highest BCUT2D eigenvalue weighted by molar-refractivity contribution is 5.70. The average molecular weight is 418 g/mol. The number of aromatic amines is 1. The third-order valence-electron chi connectivity index (χ3n) is 5.31. The van der Waals surface area contributed by atoms with E-state index in [4.69, 9.17) is 0 Å². The van der Waals surface area contributed by atoms with Crippen LogP contribution in [0.3, 0.4) is 0 Å². The molecule has 0 aliphatic rings. The van der Waals surface area contributed by atoms with Crippen LogP contribution in [0.2, 0.25) is 0 Å². The van der Waals surface area contributed by atoms with Gasteiger partial charge in [0.05, 0.1) is 12.6 Å². The lowest BCUT2D eigenvalue weighted by atomic mass is 10.0. The normalized spacial score (nSPS) is 11.4. The molecule has 4 aromatic rings. The predicted molar refractivity (Wildman–Crippen MR) is 120 cm³/mol. The zero-order valence-electron chi connectivity index (χ0n) is 18.1. The van der Waals surface area contributed by atoms with E-state index in [0.29, 0.717) is 12.4 Å². The summed E-state index contributed by atoms with van der Waals surface area (Å²) in [5.74, 6) is 1.50. The maximum atomic E-state index is 12.9. The summed E-state index contributed by atoms with van der Waals surface area (Å²) in [6.07, 6.45) is 2.90. The predicted octanol–water partition coefficient (Wildman–Crippen LogP) is 3.86. The van der Waals surface area contributed by atoms with Crippen molar-refractivity contribution in [1.29, 1.82) is 0 Å². The second-order valence-corrected chi connectivity index (χ2v) is 7.95. The number of H-pyrrole nitrogens is 1. The van der Waals surface area contributed by atoms with Crippen molar-refractivity contribution in [1.82, 2.24) is 35.0 Å². The average Bonchev–Trinajstić information content (AvgIpc) is 3.42. The van der Waals surface area contributed by atoms with Crippen LogP contribution < -0.4 is 5.69 Å². The fourth-order valence-electron chi connectivity index (χ4n) is 3.58. The number of rotatable bonds is 8. The van der Waals surface area contributed by atoms with Gasteiger partial charge in [-0.3, -0.25) is 4.57 Å². The van der Waals surface area contributed by atoms with Crippen LogP contribution in [0, 0.1) is 0 Å². The molecular formula is C23H27N7O. The van der Waals surface area contributed by atoms with Crippen molar-refractivity contribution in [2.75, 3.05) is 0 Å². The van der Waals surface area contributed by atoms with Gasteiger partial charge in [0, 0.05) is 12.0 Å². The van der Waals surface area contributed by atoms with Crippen molar-refractivity contribution in [3.05, 3.63) is 70.4 Å². The van der Waals surface area contributed by atoms with Crippen molar-refractivity contribution in [3.8, 4) is 22.5 Å². The lowest BCUT2D eigenvalue weighted by Gasteiger charge is -2.08. The number of benzene rings is 2. The van der Waals surface area contributed by atoms with E-state index in [0.717, 1.165) is 47.3 Å². The van der Waals surface area contributed by atoms with E-state index < -0.39 is 0 Å². The number of aryl methyl sites for hydroxylation is 1. The molecule has 0 atom stereocenters. The van der Waals surface area contributed by atoms with Gasteiger partial charge >= 0.3 is 5.69 Å². The summed E-state index contributed by atoms with van der Waals surface area (Å²) in [6, 6.07) is 16.4. The number of hydrogen-bond acceptors (Lipinski definition) is 5. The maximum Gasteiger partial charge on any atom is 0.346 e. The highest BCUT2D eigenvalue weighted by Gasteiger charge is 2.15.